The predicted octanol–water partition coefficient (Wildman–Crippen LogP) is 2.05. The normalized spacial score (nSPS) is 59.2. The van der Waals surface area contributed by atoms with Crippen LogP contribution in [0.3, 0.4) is 0 Å². The zero-order chi connectivity index (χ0) is 11.6. The molecule has 0 saturated heterocycles. The van der Waals surface area contributed by atoms with Crippen LogP contribution in [0.15, 0.2) is 0 Å². The molecule has 0 heterocycles. The zero-order valence-electron chi connectivity index (χ0n) is 10.4. The van der Waals surface area contributed by atoms with Crippen molar-refractivity contribution >= 4 is 0 Å². The molecule has 2 heteroatoms. The van der Waals surface area contributed by atoms with Gasteiger partial charge >= 0.3 is 0 Å². The summed E-state index contributed by atoms with van der Waals surface area (Å²) in [5.41, 5.74) is 0.103. The molecule has 0 amide bonds. The molecule has 0 aromatic rings. The van der Waals surface area contributed by atoms with Crippen molar-refractivity contribution < 1.29 is 10.2 Å². The van der Waals surface area contributed by atoms with Gasteiger partial charge in [0, 0.05) is 24.0 Å². The second-order valence-corrected chi connectivity index (χ2v) is 6.77. The minimum atomic E-state index is 0.0435. The van der Waals surface area contributed by atoms with Crippen LogP contribution in [0.2, 0.25) is 0 Å². The molecule has 0 aromatic heterocycles. The van der Waals surface area contributed by atoms with E-state index in [0.717, 1.165) is 24.7 Å². The minimum absolute atomic E-state index is 0.0435. The van der Waals surface area contributed by atoms with Crippen molar-refractivity contribution in [2.24, 2.45) is 34.5 Å². The van der Waals surface area contributed by atoms with Gasteiger partial charge in [0.2, 0.25) is 0 Å². The molecule has 3 rings (SSSR count). The third kappa shape index (κ3) is 0.932. The summed E-state index contributed by atoms with van der Waals surface area (Å²) in [6.45, 7) is 5.21. The van der Waals surface area contributed by atoms with Gasteiger partial charge < -0.3 is 10.2 Å². The fourth-order valence-corrected chi connectivity index (χ4v) is 5.96. The molecule has 6 atom stereocenters. The highest BCUT2D eigenvalue weighted by atomic mass is 16.3. The van der Waals surface area contributed by atoms with E-state index in [4.69, 9.17) is 0 Å². The molecule has 3 aliphatic carbocycles. The molecule has 0 radical (unpaired) electrons. The molecule has 0 aromatic carbocycles. The van der Waals surface area contributed by atoms with Crippen LogP contribution in [0.5, 0.6) is 0 Å². The maximum absolute atomic E-state index is 9.97. The van der Waals surface area contributed by atoms with Gasteiger partial charge in [0.1, 0.15) is 0 Å². The number of aliphatic hydroxyl groups is 2. The van der Waals surface area contributed by atoms with E-state index in [2.05, 4.69) is 13.8 Å². The number of rotatable bonds is 2. The van der Waals surface area contributed by atoms with E-state index in [1.165, 1.54) is 12.8 Å². The third-order valence-electron chi connectivity index (χ3n) is 6.59. The first-order valence-corrected chi connectivity index (χ1v) is 6.83. The second kappa shape index (κ2) is 3.23. The highest BCUT2D eigenvalue weighted by molar-refractivity contribution is 5.19. The Morgan fingerprint density at radius 2 is 1.81 bits per heavy atom. The maximum atomic E-state index is 9.97. The molecule has 2 N–H and O–H groups in total. The van der Waals surface area contributed by atoms with E-state index in [9.17, 15) is 10.2 Å². The topological polar surface area (TPSA) is 40.5 Å². The predicted molar refractivity (Wildman–Crippen MR) is 62.8 cm³/mol. The van der Waals surface area contributed by atoms with Crippen molar-refractivity contribution in [2.75, 3.05) is 13.2 Å². The van der Waals surface area contributed by atoms with Crippen LogP contribution in [-0.2, 0) is 0 Å². The van der Waals surface area contributed by atoms with Crippen molar-refractivity contribution in [3.8, 4) is 0 Å². The molecular weight excluding hydrogens is 200 g/mol. The van der Waals surface area contributed by atoms with Crippen LogP contribution in [0.4, 0.5) is 0 Å². The summed E-state index contributed by atoms with van der Waals surface area (Å²) < 4.78 is 0. The lowest BCUT2D eigenvalue weighted by Gasteiger charge is -2.47. The Kier molecular flexibility index (Phi) is 2.23. The Morgan fingerprint density at radius 1 is 1.12 bits per heavy atom. The van der Waals surface area contributed by atoms with Gasteiger partial charge in [-0.2, -0.15) is 0 Å². The van der Waals surface area contributed by atoms with Gasteiger partial charge in [-0.1, -0.05) is 13.8 Å². The molecule has 3 aliphatic rings. The molecule has 0 spiro atoms. The van der Waals surface area contributed by atoms with Gasteiger partial charge in [-0.15, -0.1) is 0 Å². The molecule has 2 nitrogen and oxygen atoms in total. The summed E-state index contributed by atoms with van der Waals surface area (Å²) in [7, 11) is 0. The Morgan fingerprint density at radius 3 is 2.44 bits per heavy atom. The van der Waals surface area contributed by atoms with E-state index in [1.807, 2.05) is 0 Å². The van der Waals surface area contributed by atoms with Crippen molar-refractivity contribution in [1.29, 1.82) is 0 Å². The fourth-order valence-electron chi connectivity index (χ4n) is 5.96. The van der Waals surface area contributed by atoms with Crippen LogP contribution in [0.1, 0.15) is 39.5 Å². The van der Waals surface area contributed by atoms with Crippen molar-refractivity contribution in [2.45, 2.75) is 39.5 Å². The average molecular weight is 224 g/mol. The van der Waals surface area contributed by atoms with Crippen LogP contribution >= 0.6 is 0 Å². The maximum Gasteiger partial charge on any atom is 0.0496 e. The summed E-state index contributed by atoms with van der Waals surface area (Å²) in [6, 6.07) is 0. The highest BCUT2D eigenvalue weighted by Gasteiger charge is 2.71. The third-order valence-corrected chi connectivity index (χ3v) is 6.59. The average Bonchev–Trinajstić information content (AvgIpc) is 2.84. The molecular formula is C14H24O2. The molecule has 3 fully saturated rings. The molecule has 0 aliphatic heterocycles. The summed E-state index contributed by atoms with van der Waals surface area (Å²) >= 11 is 0. The van der Waals surface area contributed by atoms with Gasteiger partial charge in [0.05, 0.1) is 0 Å². The van der Waals surface area contributed by atoms with Gasteiger partial charge in [-0.25, -0.2) is 0 Å². The van der Waals surface area contributed by atoms with Crippen molar-refractivity contribution in [3.05, 3.63) is 0 Å². The standard InChI is InChI=1S/C14H24O2/c1-9-5-12-11-3-4-13(7-15,10(11)2)14(12,6-9)8-16/h9-12,15-16H,3-8H2,1-2H3. The van der Waals surface area contributed by atoms with Gasteiger partial charge in [-0.3, -0.25) is 0 Å². The lowest BCUT2D eigenvalue weighted by molar-refractivity contribution is -0.0720. The Labute approximate surface area is 98.1 Å². The molecule has 2 bridgehead atoms. The smallest absolute Gasteiger partial charge is 0.0496 e. The summed E-state index contributed by atoms with van der Waals surface area (Å²) in [4.78, 5) is 0. The van der Waals surface area contributed by atoms with E-state index in [0.29, 0.717) is 18.4 Å². The summed E-state index contributed by atoms with van der Waals surface area (Å²) in [5, 5.41) is 19.9. The molecule has 92 valence electrons. The first-order chi connectivity index (χ1) is 7.61. The summed E-state index contributed by atoms with van der Waals surface area (Å²) in [6.07, 6.45) is 4.83. The van der Waals surface area contributed by atoms with Gasteiger partial charge in [-0.05, 0) is 49.4 Å². The van der Waals surface area contributed by atoms with E-state index < -0.39 is 0 Å². The lowest BCUT2D eigenvalue weighted by Crippen LogP contribution is -2.47. The number of hydrogen-bond donors (Lipinski definition) is 2. The summed E-state index contributed by atoms with van der Waals surface area (Å²) in [5.74, 6) is 2.80. The van der Waals surface area contributed by atoms with Crippen LogP contribution in [0, 0.1) is 34.5 Å². The van der Waals surface area contributed by atoms with Crippen molar-refractivity contribution in [1.82, 2.24) is 0 Å². The van der Waals surface area contributed by atoms with Gasteiger partial charge in [0.25, 0.3) is 0 Å². The minimum Gasteiger partial charge on any atom is -0.396 e. The van der Waals surface area contributed by atoms with Crippen LogP contribution in [-0.4, -0.2) is 23.4 Å². The number of hydrogen-bond acceptors (Lipinski definition) is 2. The van der Waals surface area contributed by atoms with Crippen LogP contribution < -0.4 is 0 Å². The fraction of sp³-hybridized carbons (Fsp3) is 1.00. The zero-order valence-corrected chi connectivity index (χ0v) is 10.4. The first-order valence-electron chi connectivity index (χ1n) is 6.83. The second-order valence-electron chi connectivity index (χ2n) is 6.77. The van der Waals surface area contributed by atoms with Crippen LogP contribution in [0.25, 0.3) is 0 Å². The molecule has 3 saturated carbocycles. The largest absolute Gasteiger partial charge is 0.396 e. The Bertz CT molecular complexity index is 303. The molecule has 6 unspecified atom stereocenters. The lowest BCUT2D eigenvalue weighted by atomic mass is 9.59. The molecule has 16 heavy (non-hydrogen) atoms. The number of fused-ring (bicyclic) bond motifs is 5. The number of aliphatic hydroxyl groups excluding tert-OH is 2. The Balaban J connectivity index is 2.08. The first kappa shape index (κ1) is 11.0. The quantitative estimate of drug-likeness (QED) is 0.753. The van der Waals surface area contributed by atoms with E-state index in [1.54, 1.807) is 0 Å². The van der Waals surface area contributed by atoms with Crippen molar-refractivity contribution in [3.63, 3.8) is 0 Å². The SMILES string of the molecule is CC1CC2C3CCC(CO)(C3C)C2(CO)C1. The monoisotopic (exact) mass is 224 g/mol. The highest BCUT2D eigenvalue weighted by Crippen LogP contribution is 2.75. The van der Waals surface area contributed by atoms with E-state index >= 15 is 0 Å². The van der Waals surface area contributed by atoms with E-state index in [-0.39, 0.29) is 17.4 Å². The Hall–Kier alpha value is -0.0800. The van der Waals surface area contributed by atoms with Gasteiger partial charge in [0.15, 0.2) is 0 Å².